The Hall–Kier alpha value is -1.06. The highest BCUT2D eigenvalue weighted by Gasteiger charge is 2.18. The molecule has 1 rings (SSSR count). The summed E-state index contributed by atoms with van der Waals surface area (Å²) in [6.07, 6.45) is 1.85. The average Bonchev–Trinajstić information content (AvgIpc) is 2.42. The van der Waals surface area contributed by atoms with Gasteiger partial charge < -0.3 is 14.7 Å². The molecule has 0 bridgehead atoms. The number of aliphatic hydroxyl groups is 1. The number of hydrogen-bond donors (Lipinski definition) is 1. The second kappa shape index (κ2) is 8.28. The maximum atomic E-state index is 10.6. The van der Waals surface area contributed by atoms with E-state index in [1.807, 2.05) is 13.0 Å². The molecule has 3 nitrogen and oxygen atoms in total. The third-order valence-electron chi connectivity index (χ3n) is 3.72. The van der Waals surface area contributed by atoms with E-state index in [9.17, 15) is 5.11 Å². The van der Waals surface area contributed by atoms with Gasteiger partial charge in [-0.1, -0.05) is 31.9 Å². The monoisotopic (exact) mass is 279 g/mol. The van der Waals surface area contributed by atoms with E-state index in [0.717, 1.165) is 35.5 Å². The van der Waals surface area contributed by atoms with Gasteiger partial charge in [0.05, 0.1) is 13.2 Å². The van der Waals surface area contributed by atoms with Crippen molar-refractivity contribution in [1.82, 2.24) is 4.90 Å². The van der Waals surface area contributed by atoms with E-state index < -0.39 is 6.10 Å². The third-order valence-corrected chi connectivity index (χ3v) is 3.72. The zero-order valence-electron chi connectivity index (χ0n) is 13.6. The number of nitrogens with zero attached hydrogens (tertiary/aromatic N) is 1. The Morgan fingerprint density at radius 3 is 2.50 bits per heavy atom. The molecule has 0 fully saturated rings. The third kappa shape index (κ3) is 4.50. The van der Waals surface area contributed by atoms with Crippen molar-refractivity contribution in [2.24, 2.45) is 0 Å². The Labute approximate surface area is 123 Å². The highest BCUT2D eigenvalue weighted by Crippen LogP contribution is 2.30. The summed E-state index contributed by atoms with van der Waals surface area (Å²) in [5.41, 5.74) is 3.15. The van der Waals surface area contributed by atoms with Crippen LogP contribution >= 0.6 is 0 Å². The summed E-state index contributed by atoms with van der Waals surface area (Å²) >= 11 is 0. The Bertz CT molecular complexity index is 418. The van der Waals surface area contributed by atoms with Gasteiger partial charge in [0.25, 0.3) is 0 Å². The molecule has 0 saturated heterocycles. The van der Waals surface area contributed by atoms with Crippen LogP contribution in [0, 0.1) is 13.8 Å². The molecule has 0 saturated carbocycles. The van der Waals surface area contributed by atoms with Crippen molar-refractivity contribution in [1.29, 1.82) is 0 Å². The molecule has 0 spiro atoms. The number of hydrogen-bond acceptors (Lipinski definition) is 3. The minimum atomic E-state index is -0.500. The van der Waals surface area contributed by atoms with Crippen LogP contribution in [0.1, 0.15) is 49.5 Å². The van der Waals surface area contributed by atoms with Crippen molar-refractivity contribution < 1.29 is 9.84 Å². The molecule has 0 aliphatic heterocycles. The fourth-order valence-electron chi connectivity index (χ4n) is 2.62. The fourth-order valence-corrected chi connectivity index (χ4v) is 2.62. The lowest BCUT2D eigenvalue weighted by atomic mass is 10.0. The molecule has 1 N–H and O–H groups in total. The second-order valence-electron chi connectivity index (χ2n) is 5.47. The second-order valence-corrected chi connectivity index (χ2v) is 5.47. The molecule has 0 amide bonds. The first-order valence-corrected chi connectivity index (χ1v) is 7.59. The summed E-state index contributed by atoms with van der Waals surface area (Å²) < 4.78 is 5.47. The molecule has 0 aliphatic rings. The first-order chi connectivity index (χ1) is 9.53. The van der Waals surface area contributed by atoms with Crippen LogP contribution in [0.4, 0.5) is 0 Å². The Morgan fingerprint density at radius 1 is 1.25 bits per heavy atom. The van der Waals surface area contributed by atoms with Gasteiger partial charge in [0.2, 0.25) is 0 Å². The first kappa shape index (κ1) is 17.0. The summed E-state index contributed by atoms with van der Waals surface area (Å²) in [5.74, 6) is 0.814. The maximum Gasteiger partial charge on any atom is 0.127 e. The van der Waals surface area contributed by atoms with Gasteiger partial charge in [0.15, 0.2) is 0 Å². The molecule has 0 aromatic heterocycles. The Kier molecular flexibility index (Phi) is 7.03. The number of aryl methyl sites for hydroxylation is 2. The predicted octanol–water partition coefficient (Wildman–Crippen LogP) is 3.47. The Morgan fingerprint density at radius 2 is 1.95 bits per heavy atom. The van der Waals surface area contributed by atoms with Crippen molar-refractivity contribution in [2.75, 3.05) is 26.7 Å². The van der Waals surface area contributed by atoms with E-state index in [2.05, 4.69) is 31.7 Å². The molecular formula is C17H29NO2. The van der Waals surface area contributed by atoms with Gasteiger partial charge >= 0.3 is 0 Å². The van der Waals surface area contributed by atoms with Crippen LogP contribution in [0.5, 0.6) is 5.75 Å². The lowest BCUT2D eigenvalue weighted by molar-refractivity contribution is 0.112. The van der Waals surface area contributed by atoms with Crippen molar-refractivity contribution in [3.63, 3.8) is 0 Å². The molecule has 3 heteroatoms. The van der Waals surface area contributed by atoms with Gasteiger partial charge in [-0.25, -0.2) is 0 Å². The lowest BCUT2D eigenvalue weighted by Crippen LogP contribution is -2.29. The summed E-state index contributed by atoms with van der Waals surface area (Å²) in [5, 5.41) is 10.6. The topological polar surface area (TPSA) is 32.7 Å². The maximum absolute atomic E-state index is 10.6. The minimum Gasteiger partial charge on any atom is -0.496 e. The summed E-state index contributed by atoms with van der Waals surface area (Å²) in [4.78, 5) is 2.30. The SMILES string of the molecule is CCCCN(CC)CC(O)c1cc(C)cc(C)c1OC. The van der Waals surface area contributed by atoms with Crippen molar-refractivity contribution in [3.8, 4) is 5.75 Å². The highest BCUT2D eigenvalue weighted by atomic mass is 16.5. The van der Waals surface area contributed by atoms with E-state index >= 15 is 0 Å². The number of benzene rings is 1. The zero-order valence-corrected chi connectivity index (χ0v) is 13.6. The van der Waals surface area contributed by atoms with Crippen LogP contribution in [-0.2, 0) is 0 Å². The van der Waals surface area contributed by atoms with Gasteiger partial charge in [-0.05, 0) is 45.0 Å². The van der Waals surface area contributed by atoms with E-state index in [1.54, 1.807) is 7.11 Å². The van der Waals surface area contributed by atoms with Gasteiger partial charge in [-0.2, -0.15) is 0 Å². The molecule has 0 heterocycles. The Balaban J connectivity index is 2.87. The molecule has 1 atom stereocenters. The van der Waals surface area contributed by atoms with Crippen molar-refractivity contribution in [3.05, 3.63) is 28.8 Å². The van der Waals surface area contributed by atoms with Crippen LogP contribution in [0.2, 0.25) is 0 Å². The number of likely N-dealkylation sites (N-methyl/N-ethyl adjacent to an activating group) is 1. The normalized spacial score (nSPS) is 12.8. The van der Waals surface area contributed by atoms with E-state index in [1.165, 1.54) is 12.8 Å². The van der Waals surface area contributed by atoms with Crippen LogP contribution in [0.3, 0.4) is 0 Å². The molecule has 20 heavy (non-hydrogen) atoms. The van der Waals surface area contributed by atoms with Crippen molar-refractivity contribution in [2.45, 2.75) is 46.6 Å². The van der Waals surface area contributed by atoms with Gasteiger partial charge in [-0.3, -0.25) is 0 Å². The smallest absolute Gasteiger partial charge is 0.127 e. The largest absolute Gasteiger partial charge is 0.496 e. The van der Waals surface area contributed by atoms with Gasteiger partial charge in [-0.15, -0.1) is 0 Å². The summed E-state index contributed by atoms with van der Waals surface area (Å²) in [7, 11) is 1.67. The lowest BCUT2D eigenvalue weighted by Gasteiger charge is -2.25. The predicted molar refractivity (Wildman–Crippen MR) is 84.4 cm³/mol. The molecular weight excluding hydrogens is 250 g/mol. The summed E-state index contributed by atoms with van der Waals surface area (Å²) in [6.45, 7) is 11.1. The molecule has 0 radical (unpaired) electrons. The number of aliphatic hydroxyl groups excluding tert-OH is 1. The standard InChI is InChI=1S/C17H29NO2/c1-6-8-9-18(7-2)12-16(19)15-11-13(3)10-14(4)17(15)20-5/h10-11,16,19H,6-9,12H2,1-5H3. The molecule has 1 aromatic carbocycles. The van der Waals surface area contributed by atoms with Crippen LogP contribution < -0.4 is 4.74 Å². The van der Waals surface area contributed by atoms with Crippen LogP contribution in [0.25, 0.3) is 0 Å². The minimum absolute atomic E-state index is 0.500. The first-order valence-electron chi connectivity index (χ1n) is 7.59. The number of unbranched alkanes of at least 4 members (excludes halogenated alkanes) is 1. The zero-order chi connectivity index (χ0) is 15.1. The molecule has 114 valence electrons. The quantitative estimate of drug-likeness (QED) is 0.791. The fraction of sp³-hybridized carbons (Fsp3) is 0.647. The van der Waals surface area contributed by atoms with E-state index in [0.29, 0.717) is 6.54 Å². The number of methoxy groups -OCH3 is 1. The van der Waals surface area contributed by atoms with Gasteiger partial charge in [0, 0.05) is 12.1 Å². The van der Waals surface area contributed by atoms with Crippen molar-refractivity contribution >= 4 is 0 Å². The van der Waals surface area contributed by atoms with E-state index in [-0.39, 0.29) is 0 Å². The molecule has 0 aliphatic carbocycles. The summed E-state index contributed by atoms with van der Waals surface area (Å²) in [6, 6.07) is 4.12. The average molecular weight is 279 g/mol. The van der Waals surface area contributed by atoms with E-state index in [4.69, 9.17) is 4.74 Å². The van der Waals surface area contributed by atoms with Gasteiger partial charge in [0.1, 0.15) is 5.75 Å². The number of ether oxygens (including phenoxy) is 1. The number of rotatable bonds is 8. The van der Waals surface area contributed by atoms with Crippen LogP contribution in [0.15, 0.2) is 12.1 Å². The highest BCUT2D eigenvalue weighted by molar-refractivity contribution is 5.45. The molecule has 1 aromatic rings. The van der Waals surface area contributed by atoms with Crippen LogP contribution in [-0.4, -0.2) is 36.8 Å². The molecule has 1 unspecified atom stereocenters.